The van der Waals surface area contributed by atoms with E-state index in [9.17, 15) is 9.90 Å². The van der Waals surface area contributed by atoms with Crippen LogP contribution < -0.4 is 5.43 Å². The number of hydrogen-bond acceptors (Lipinski definition) is 3. The number of nitrogens with zero attached hydrogens (tertiary/aromatic N) is 2. The maximum atomic E-state index is 11.8. The Morgan fingerprint density at radius 3 is 2.55 bits per heavy atom. The summed E-state index contributed by atoms with van der Waals surface area (Å²) in [6.45, 7) is 8.98. The summed E-state index contributed by atoms with van der Waals surface area (Å²) in [6.07, 6.45) is 6.73. The van der Waals surface area contributed by atoms with E-state index in [1.807, 2.05) is 11.5 Å². The first kappa shape index (κ1) is 14.9. The van der Waals surface area contributed by atoms with Crippen LogP contribution in [0, 0.1) is 6.92 Å². The second-order valence-electron chi connectivity index (χ2n) is 5.53. The molecule has 0 bridgehead atoms. The average Bonchev–Trinajstić information content (AvgIpc) is 2.68. The van der Waals surface area contributed by atoms with Crippen molar-refractivity contribution in [1.29, 1.82) is 0 Å². The first-order valence-electron chi connectivity index (χ1n) is 7.39. The molecular formula is C16H24N2O2. The van der Waals surface area contributed by atoms with Crippen molar-refractivity contribution < 1.29 is 5.11 Å². The Morgan fingerprint density at radius 1 is 1.30 bits per heavy atom. The largest absolute Gasteiger partial charge is 0.503 e. The van der Waals surface area contributed by atoms with Crippen LogP contribution in [0.3, 0.4) is 0 Å². The summed E-state index contributed by atoms with van der Waals surface area (Å²) in [5.74, 6) is -0.110. The fourth-order valence-electron chi connectivity index (χ4n) is 2.87. The summed E-state index contributed by atoms with van der Waals surface area (Å²) < 4.78 is 1.98. The molecule has 0 amide bonds. The zero-order valence-corrected chi connectivity index (χ0v) is 12.3. The normalized spacial score (nSPS) is 16.9. The predicted molar refractivity (Wildman–Crippen MR) is 81.0 cm³/mol. The van der Waals surface area contributed by atoms with Crippen LogP contribution in [-0.2, 0) is 13.1 Å². The molecule has 0 atom stereocenters. The molecule has 0 unspecified atom stereocenters. The fraction of sp³-hybridized carbons (Fsp3) is 0.562. The van der Waals surface area contributed by atoms with Crippen LogP contribution in [0.4, 0.5) is 0 Å². The number of aromatic nitrogens is 1. The zero-order valence-electron chi connectivity index (χ0n) is 12.3. The van der Waals surface area contributed by atoms with E-state index in [1.165, 1.54) is 31.7 Å². The summed E-state index contributed by atoms with van der Waals surface area (Å²) in [5.41, 5.74) is 1.31. The van der Waals surface area contributed by atoms with E-state index in [1.54, 1.807) is 6.08 Å². The van der Waals surface area contributed by atoms with Gasteiger partial charge in [-0.2, -0.15) is 0 Å². The molecule has 20 heavy (non-hydrogen) atoms. The number of pyridine rings is 1. The Morgan fingerprint density at radius 2 is 1.95 bits per heavy atom. The highest BCUT2D eigenvalue weighted by Crippen LogP contribution is 2.19. The average molecular weight is 276 g/mol. The van der Waals surface area contributed by atoms with Crippen LogP contribution in [0.5, 0.6) is 5.75 Å². The number of hydrogen-bond donors (Lipinski definition) is 1. The summed E-state index contributed by atoms with van der Waals surface area (Å²) in [5, 5.41) is 10.1. The number of likely N-dealkylation sites (tertiary alicyclic amines) is 1. The Bertz CT molecular complexity index is 526. The molecule has 110 valence electrons. The molecule has 1 aromatic rings. The van der Waals surface area contributed by atoms with Gasteiger partial charge in [0, 0.05) is 24.8 Å². The van der Waals surface area contributed by atoms with Gasteiger partial charge in [-0.25, -0.2) is 0 Å². The molecule has 1 aliphatic rings. The molecule has 0 saturated carbocycles. The highest BCUT2D eigenvalue weighted by Gasteiger charge is 2.17. The molecular weight excluding hydrogens is 252 g/mol. The third-order valence-electron chi connectivity index (χ3n) is 3.98. The number of allylic oxidation sites excluding steroid dienone is 1. The van der Waals surface area contributed by atoms with Crippen LogP contribution in [0.25, 0.3) is 0 Å². The highest BCUT2D eigenvalue weighted by molar-refractivity contribution is 5.30. The first-order chi connectivity index (χ1) is 9.63. The van der Waals surface area contributed by atoms with Crippen molar-refractivity contribution >= 4 is 0 Å². The molecule has 0 aliphatic carbocycles. The van der Waals surface area contributed by atoms with E-state index < -0.39 is 0 Å². The van der Waals surface area contributed by atoms with Gasteiger partial charge in [-0.3, -0.25) is 9.69 Å². The molecule has 0 radical (unpaired) electrons. The third-order valence-corrected chi connectivity index (χ3v) is 3.98. The summed E-state index contributed by atoms with van der Waals surface area (Å²) >= 11 is 0. The van der Waals surface area contributed by atoms with Crippen LogP contribution >= 0.6 is 0 Å². The Kier molecular flexibility index (Phi) is 5.01. The van der Waals surface area contributed by atoms with Crippen molar-refractivity contribution in [3.05, 3.63) is 40.3 Å². The van der Waals surface area contributed by atoms with Crippen molar-refractivity contribution in [1.82, 2.24) is 9.47 Å². The molecule has 1 aliphatic heterocycles. The quantitative estimate of drug-likeness (QED) is 0.859. The van der Waals surface area contributed by atoms with E-state index in [-0.39, 0.29) is 11.2 Å². The minimum atomic E-state index is -0.285. The summed E-state index contributed by atoms with van der Waals surface area (Å²) in [4.78, 5) is 14.2. The topological polar surface area (TPSA) is 45.5 Å². The zero-order chi connectivity index (χ0) is 14.5. The van der Waals surface area contributed by atoms with Gasteiger partial charge in [0.25, 0.3) is 0 Å². The summed E-state index contributed by atoms with van der Waals surface area (Å²) in [6, 6.07) is 1.49. The van der Waals surface area contributed by atoms with Gasteiger partial charge in [0.1, 0.15) is 0 Å². The second kappa shape index (κ2) is 6.75. The van der Waals surface area contributed by atoms with Gasteiger partial charge < -0.3 is 9.67 Å². The van der Waals surface area contributed by atoms with Crippen LogP contribution in [0.15, 0.2) is 23.5 Å². The van der Waals surface area contributed by atoms with Gasteiger partial charge in [-0.15, -0.1) is 6.58 Å². The second-order valence-corrected chi connectivity index (χ2v) is 5.53. The summed E-state index contributed by atoms with van der Waals surface area (Å²) in [7, 11) is 0. The molecule has 1 N–H and O–H groups in total. The molecule has 2 rings (SSSR count). The van der Waals surface area contributed by atoms with E-state index in [0.29, 0.717) is 13.1 Å². The van der Waals surface area contributed by atoms with E-state index >= 15 is 0 Å². The highest BCUT2D eigenvalue weighted by atomic mass is 16.3. The van der Waals surface area contributed by atoms with Gasteiger partial charge in [-0.05, 0) is 32.9 Å². The number of rotatable bonds is 4. The molecule has 0 spiro atoms. The maximum absolute atomic E-state index is 11.8. The molecule has 1 aromatic heterocycles. The van der Waals surface area contributed by atoms with Gasteiger partial charge in [0.15, 0.2) is 5.75 Å². The van der Waals surface area contributed by atoms with E-state index in [2.05, 4.69) is 11.5 Å². The molecule has 4 heteroatoms. The Hall–Kier alpha value is -1.55. The first-order valence-corrected chi connectivity index (χ1v) is 7.39. The smallest absolute Gasteiger partial charge is 0.223 e. The standard InChI is InChI=1S/C16H24N2O2/c1-3-8-18-13(2)11-15(19)16(20)14(18)12-17-9-6-4-5-7-10-17/h3,11,20H,1,4-10,12H2,2H3. The van der Waals surface area contributed by atoms with Gasteiger partial charge in [-0.1, -0.05) is 18.9 Å². The lowest BCUT2D eigenvalue weighted by molar-refractivity contribution is 0.263. The van der Waals surface area contributed by atoms with Gasteiger partial charge in [0.05, 0.1) is 5.69 Å². The lowest BCUT2D eigenvalue weighted by Gasteiger charge is -2.24. The van der Waals surface area contributed by atoms with Crippen molar-refractivity contribution in [2.45, 2.75) is 45.7 Å². The Labute approximate surface area is 120 Å². The maximum Gasteiger partial charge on any atom is 0.223 e. The number of aromatic hydroxyl groups is 1. The van der Waals surface area contributed by atoms with Crippen LogP contribution in [0.2, 0.25) is 0 Å². The van der Waals surface area contributed by atoms with Crippen molar-refractivity contribution in [2.24, 2.45) is 0 Å². The van der Waals surface area contributed by atoms with Crippen molar-refractivity contribution in [2.75, 3.05) is 13.1 Å². The van der Waals surface area contributed by atoms with Crippen molar-refractivity contribution in [3.63, 3.8) is 0 Å². The minimum Gasteiger partial charge on any atom is -0.503 e. The van der Waals surface area contributed by atoms with E-state index in [4.69, 9.17) is 0 Å². The lowest BCUT2D eigenvalue weighted by Crippen LogP contribution is -2.28. The van der Waals surface area contributed by atoms with Crippen LogP contribution in [0.1, 0.15) is 37.1 Å². The van der Waals surface area contributed by atoms with E-state index in [0.717, 1.165) is 24.5 Å². The third kappa shape index (κ3) is 3.31. The van der Waals surface area contributed by atoms with Crippen molar-refractivity contribution in [3.8, 4) is 5.75 Å². The molecule has 2 heterocycles. The van der Waals surface area contributed by atoms with Gasteiger partial charge >= 0.3 is 0 Å². The Balaban J connectivity index is 2.32. The monoisotopic (exact) mass is 276 g/mol. The minimum absolute atomic E-state index is 0.110. The predicted octanol–water partition coefficient (Wildman–Crippen LogP) is 2.42. The lowest BCUT2D eigenvalue weighted by atomic mass is 10.2. The molecule has 1 fully saturated rings. The van der Waals surface area contributed by atoms with Gasteiger partial charge in [0.2, 0.25) is 5.43 Å². The molecule has 0 aromatic carbocycles. The van der Waals surface area contributed by atoms with Crippen LogP contribution in [-0.4, -0.2) is 27.7 Å². The number of aryl methyl sites for hydroxylation is 1. The molecule has 4 nitrogen and oxygen atoms in total. The SMILES string of the molecule is C=CCn1c(C)cc(=O)c(O)c1CN1CCCCCC1. The fourth-order valence-corrected chi connectivity index (χ4v) is 2.87. The molecule has 1 saturated heterocycles.